The Kier molecular flexibility index (Phi) is 6.11. The molecule has 0 unspecified atom stereocenters. The summed E-state index contributed by atoms with van der Waals surface area (Å²) in [5, 5.41) is 4.69. The number of unbranched alkanes of at least 4 members (excludes halogenated alkanes) is 1. The van der Waals surface area contributed by atoms with Crippen molar-refractivity contribution in [1.82, 2.24) is 9.78 Å². The molecule has 4 nitrogen and oxygen atoms in total. The number of aromatic nitrogens is 2. The Morgan fingerprint density at radius 3 is 2.37 bits per heavy atom. The van der Waals surface area contributed by atoms with Crippen molar-refractivity contribution in [1.29, 1.82) is 0 Å². The molecule has 3 aromatic rings. The summed E-state index contributed by atoms with van der Waals surface area (Å²) in [7, 11) is -3.34. The van der Waals surface area contributed by atoms with E-state index in [2.05, 4.69) is 18.1 Å². The Labute approximate surface area is 161 Å². The van der Waals surface area contributed by atoms with Crippen molar-refractivity contribution < 1.29 is 8.42 Å². The number of aryl methyl sites for hydroxylation is 3. The Morgan fingerprint density at radius 1 is 1.00 bits per heavy atom. The van der Waals surface area contributed by atoms with E-state index in [9.17, 15) is 8.42 Å². The van der Waals surface area contributed by atoms with E-state index in [0.29, 0.717) is 11.4 Å². The molecule has 0 atom stereocenters. The van der Waals surface area contributed by atoms with E-state index in [1.807, 2.05) is 54.1 Å². The molecule has 0 aliphatic heterocycles. The van der Waals surface area contributed by atoms with Gasteiger partial charge in [0.05, 0.1) is 28.6 Å². The fourth-order valence-electron chi connectivity index (χ4n) is 3.03. The SMILES string of the molecule is CCCCc1cc(-c2ccccc2)n(CCS(=O)(=O)c2ccc(C)cc2)n1. The molecule has 5 heteroatoms. The van der Waals surface area contributed by atoms with Crippen LogP contribution in [0.5, 0.6) is 0 Å². The fraction of sp³-hybridized carbons (Fsp3) is 0.318. The fourth-order valence-corrected chi connectivity index (χ4v) is 4.23. The van der Waals surface area contributed by atoms with Crippen LogP contribution in [-0.4, -0.2) is 24.0 Å². The zero-order valence-electron chi connectivity index (χ0n) is 15.9. The Hall–Kier alpha value is -2.40. The lowest BCUT2D eigenvalue weighted by atomic mass is 10.1. The van der Waals surface area contributed by atoms with E-state index in [1.54, 1.807) is 12.1 Å². The third-order valence-electron chi connectivity index (χ3n) is 4.64. The molecule has 0 N–H and O–H groups in total. The van der Waals surface area contributed by atoms with Crippen LogP contribution in [0.25, 0.3) is 11.3 Å². The summed E-state index contributed by atoms with van der Waals surface area (Å²) in [4.78, 5) is 0.368. The summed E-state index contributed by atoms with van der Waals surface area (Å²) in [5.74, 6) is 0.0325. The van der Waals surface area contributed by atoms with Crippen LogP contribution in [0.1, 0.15) is 31.0 Å². The van der Waals surface area contributed by atoms with Crippen molar-refractivity contribution in [3.8, 4) is 11.3 Å². The van der Waals surface area contributed by atoms with Gasteiger partial charge in [0.2, 0.25) is 0 Å². The average Bonchev–Trinajstić information content (AvgIpc) is 3.09. The predicted octanol–water partition coefficient (Wildman–Crippen LogP) is 4.68. The maximum atomic E-state index is 12.7. The zero-order chi connectivity index (χ0) is 19.3. The Balaban J connectivity index is 1.84. The van der Waals surface area contributed by atoms with E-state index < -0.39 is 9.84 Å². The van der Waals surface area contributed by atoms with Crippen LogP contribution in [0.3, 0.4) is 0 Å². The highest BCUT2D eigenvalue weighted by molar-refractivity contribution is 7.91. The molecule has 0 aliphatic rings. The Bertz CT molecular complexity index is 975. The normalized spacial score (nSPS) is 11.6. The van der Waals surface area contributed by atoms with Gasteiger partial charge in [0.25, 0.3) is 0 Å². The van der Waals surface area contributed by atoms with Gasteiger partial charge < -0.3 is 0 Å². The maximum absolute atomic E-state index is 12.7. The zero-order valence-corrected chi connectivity index (χ0v) is 16.7. The molecule has 2 aromatic carbocycles. The second-order valence-corrected chi connectivity index (χ2v) is 8.95. The van der Waals surface area contributed by atoms with Gasteiger partial charge >= 0.3 is 0 Å². The summed E-state index contributed by atoms with van der Waals surface area (Å²) in [5.41, 5.74) is 4.10. The van der Waals surface area contributed by atoms with E-state index in [-0.39, 0.29) is 5.75 Å². The van der Waals surface area contributed by atoms with E-state index >= 15 is 0 Å². The summed E-state index contributed by atoms with van der Waals surface area (Å²) < 4.78 is 27.2. The first-order chi connectivity index (χ1) is 13.0. The topological polar surface area (TPSA) is 52.0 Å². The molecule has 0 saturated carbocycles. The second-order valence-electron chi connectivity index (χ2n) is 6.85. The number of hydrogen-bond donors (Lipinski definition) is 0. The predicted molar refractivity (Wildman–Crippen MR) is 110 cm³/mol. The second kappa shape index (κ2) is 8.53. The first-order valence-corrected chi connectivity index (χ1v) is 11.1. The summed E-state index contributed by atoms with van der Waals surface area (Å²) in [6.07, 6.45) is 3.09. The van der Waals surface area contributed by atoms with Crippen molar-refractivity contribution in [2.45, 2.75) is 44.6 Å². The smallest absolute Gasteiger partial charge is 0.180 e. The van der Waals surface area contributed by atoms with E-state index in [1.165, 1.54) is 0 Å². The van der Waals surface area contributed by atoms with Crippen molar-refractivity contribution in [3.63, 3.8) is 0 Å². The average molecular weight is 383 g/mol. The molecule has 0 bridgehead atoms. The van der Waals surface area contributed by atoms with Crippen molar-refractivity contribution in [2.75, 3.05) is 5.75 Å². The highest BCUT2D eigenvalue weighted by Crippen LogP contribution is 2.22. The van der Waals surface area contributed by atoms with Gasteiger partial charge in [-0.1, -0.05) is 61.4 Å². The lowest BCUT2D eigenvalue weighted by Gasteiger charge is -2.09. The number of sulfone groups is 1. The number of rotatable bonds is 8. The molecule has 0 fully saturated rings. The van der Waals surface area contributed by atoms with Gasteiger partial charge in [0, 0.05) is 0 Å². The third kappa shape index (κ3) is 4.86. The third-order valence-corrected chi connectivity index (χ3v) is 6.35. The van der Waals surface area contributed by atoms with Crippen LogP contribution in [0, 0.1) is 6.92 Å². The monoisotopic (exact) mass is 382 g/mol. The first-order valence-electron chi connectivity index (χ1n) is 9.41. The minimum atomic E-state index is -3.34. The van der Waals surface area contributed by atoms with Crippen LogP contribution < -0.4 is 0 Å². The molecule has 0 aliphatic carbocycles. The lowest BCUT2D eigenvalue weighted by Crippen LogP contribution is -2.15. The molecule has 0 saturated heterocycles. The Morgan fingerprint density at radius 2 is 1.70 bits per heavy atom. The summed E-state index contributed by atoms with van der Waals surface area (Å²) in [6.45, 7) is 4.44. The van der Waals surface area contributed by atoms with Gasteiger partial charge in [-0.25, -0.2) is 8.42 Å². The van der Waals surface area contributed by atoms with Crippen LogP contribution in [0.2, 0.25) is 0 Å². The molecule has 27 heavy (non-hydrogen) atoms. The maximum Gasteiger partial charge on any atom is 0.180 e. The molecule has 1 heterocycles. The largest absolute Gasteiger partial charge is 0.264 e. The van der Waals surface area contributed by atoms with E-state index in [4.69, 9.17) is 0 Å². The molecule has 0 amide bonds. The minimum absolute atomic E-state index is 0.0325. The van der Waals surface area contributed by atoms with E-state index in [0.717, 1.165) is 41.8 Å². The molecule has 1 aromatic heterocycles. The van der Waals surface area contributed by atoms with Crippen LogP contribution in [0.15, 0.2) is 65.6 Å². The van der Waals surface area contributed by atoms with Crippen molar-refractivity contribution in [3.05, 3.63) is 71.9 Å². The number of nitrogens with zero attached hydrogens (tertiary/aromatic N) is 2. The van der Waals surface area contributed by atoms with Gasteiger partial charge in [0.15, 0.2) is 9.84 Å². The standard InChI is InChI=1S/C22H26N2O2S/c1-3-4-10-20-17-22(19-8-6-5-7-9-19)24(23-20)15-16-27(25,26)21-13-11-18(2)12-14-21/h5-9,11-14,17H,3-4,10,15-16H2,1-2H3. The van der Waals surface area contributed by atoms with Crippen molar-refractivity contribution >= 4 is 9.84 Å². The molecule has 3 rings (SSSR count). The highest BCUT2D eigenvalue weighted by Gasteiger charge is 2.17. The van der Waals surface area contributed by atoms with Crippen molar-refractivity contribution in [2.24, 2.45) is 0 Å². The highest BCUT2D eigenvalue weighted by atomic mass is 32.2. The van der Waals surface area contributed by atoms with Crippen LogP contribution in [-0.2, 0) is 22.8 Å². The van der Waals surface area contributed by atoms with Gasteiger partial charge in [-0.15, -0.1) is 0 Å². The van der Waals surface area contributed by atoms with Gasteiger partial charge in [-0.3, -0.25) is 4.68 Å². The number of benzene rings is 2. The van der Waals surface area contributed by atoms with Gasteiger partial charge in [-0.05, 0) is 43.5 Å². The van der Waals surface area contributed by atoms with Crippen LogP contribution >= 0.6 is 0 Å². The summed E-state index contributed by atoms with van der Waals surface area (Å²) in [6, 6.07) is 19.1. The number of hydrogen-bond acceptors (Lipinski definition) is 3. The van der Waals surface area contributed by atoms with Gasteiger partial charge in [-0.2, -0.15) is 5.10 Å². The molecule has 0 radical (unpaired) electrons. The molecular formula is C22H26N2O2S. The van der Waals surface area contributed by atoms with Gasteiger partial charge in [0.1, 0.15) is 0 Å². The molecule has 0 spiro atoms. The molecule has 142 valence electrons. The molecular weight excluding hydrogens is 356 g/mol. The minimum Gasteiger partial charge on any atom is -0.264 e. The first kappa shape index (κ1) is 19.4. The lowest BCUT2D eigenvalue weighted by molar-refractivity contribution is 0.579. The van der Waals surface area contributed by atoms with Crippen LogP contribution in [0.4, 0.5) is 0 Å². The quantitative estimate of drug-likeness (QED) is 0.569. The summed E-state index contributed by atoms with van der Waals surface area (Å²) >= 11 is 0.